The van der Waals surface area contributed by atoms with Gasteiger partial charge in [-0.1, -0.05) is 30.3 Å². The normalized spacial score (nSPS) is 10.1. The Morgan fingerprint density at radius 3 is 2.69 bits per heavy atom. The van der Waals surface area contributed by atoms with Crippen molar-refractivity contribution in [3.8, 4) is 0 Å². The van der Waals surface area contributed by atoms with Crippen LogP contribution in [-0.2, 0) is 6.42 Å². The van der Waals surface area contributed by atoms with E-state index in [4.69, 9.17) is 0 Å². The number of hydrogen-bond donors (Lipinski definition) is 1. The van der Waals surface area contributed by atoms with Crippen molar-refractivity contribution in [2.75, 3.05) is 11.9 Å². The molecule has 0 radical (unpaired) electrons. The molecule has 0 aliphatic carbocycles. The molecule has 0 aliphatic heterocycles. The van der Waals surface area contributed by atoms with E-state index in [1.807, 2.05) is 18.5 Å². The van der Waals surface area contributed by atoms with Gasteiger partial charge in [0.15, 0.2) is 0 Å². The van der Waals surface area contributed by atoms with Gasteiger partial charge < -0.3 is 5.32 Å². The molecule has 1 aromatic heterocycles. The first-order chi connectivity index (χ1) is 7.84. The second-order valence-corrected chi connectivity index (χ2v) is 3.91. The van der Waals surface area contributed by atoms with Gasteiger partial charge in [0.05, 0.1) is 5.69 Å². The summed E-state index contributed by atoms with van der Waals surface area (Å²) >= 11 is 0. The Hall–Kier alpha value is -1.83. The van der Waals surface area contributed by atoms with Crippen molar-refractivity contribution in [2.24, 2.45) is 0 Å². The third-order valence-electron chi connectivity index (χ3n) is 2.46. The summed E-state index contributed by atoms with van der Waals surface area (Å²) in [7, 11) is 0. The number of anilines is 1. The second kappa shape index (κ2) is 5.31. The molecule has 16 heavy (non-hydrogen) atoms. The lowest BCUT2D eigenvalue weighted by molar-refractivity contribution is 1.02. The maximum Gasteiger partial charge on any atom is 0.0529 e. The molecular formula is C14H16N2. The summed E-state index contributed by atoms with van der Waals surface area (Å²) in [5.74, 6) is 0. The molecule has 1 N–H and O–H groups in total. The number of rotatable bonds is 4. The molecule has 0 unspecified atom stereocenters. The third kappa shape index (κ3) is 3.09. The summed E-state index contributed by atoms with van der Waals surface area (Å²) in [6.07, 6.45) is 4.76. The molecule has 1 aromatic carbocycles. The number of pyridine rings is 1. The zero-order chi connectivity index (χ0) is 11.2. The maximum absolute atomic E-state index is 4.15. The van der Waals surface area contributed by atoms with Gasteiger partial charge in [-0.05, 0) is 30.5 Å². The molecule has 2 heteroatoms. The van der Waals surface area contributed by atoms with Crippen LogP contribution in [0.5, 0.6) is 0 Å². The molecule has 0 amide bonds. The minimum atomic E-state index is 0.940. The molecule has 1 heterocycles. The second-order valence-electron chi connectivity index (χ2n) is 3.91. The van der Waals surface area contributed by atoms with Crippen LogP contribution >= 0.6 is 0 Å². The fraction of sp³-hybridized carbons (Fsp3) is 0.214. The van der Waals surface area contributed by atoms with Crippen LogP contribution < -0.4 is 5.32 Å². The number of aryl methyl sites for hydroxylation is 1. The molecule has 0 fully saturated rings. The minimum Gasteiger partial charge on any atom is -0.383 e. The Balaban J connectivity index is 1.85. The average Bonchev–Trinajstić information content (AvgIpc) is 2.30. The van der Waals surface area contributed by atoms with Crippen LogP contribution in [0, 0.1) is 6.92 Å². The first-order valence-electron chi connectivity index (χ1n) is 5.54. The topological polar surface area (TPSA) is 24.9 Å². The smallest absolute Gasteiger partial charge is 0.0529 e. The zero-order valence-corrected chi connectivity index (χ0v) is 9.48. The predicted molar refractivity (Wildman–Crippen MR) is 67.6 cm³/mol. The zero-order valence-electron chi connectivity index (χ0n) is 9.48. The van der Waals surface area contributed by atoms with E-state index in [1.54, 1.807) is 0 Å². The molecule has 2 nitrogen and oxygen atoms in total. The van der Waals surface area contributed by atoms with Crippen LogP contribution in [-0.4, -0.2) is 11.5 Å². The number of nitrogens with one attached hydrogen (secondary N) is 1. The Labute approximate surface area is 96.4 Å². The minimum absolute atomic E-state index is 0.940. The van der Waals surface area contributed by atoms with E-state index in [0.29, 0.717) is 0 Å². The van der Waals surface area contributed by atoms with Crippen molar-refractivity contribution in [1.82, 2.24) is 4.98 Å². The van der Waals surface area contributed by atoms with Crippen LogP contribution in [0.3, 0.4) is 0 Å². The lowest BCUT2D eigenvalue weighted by Gasteiger charge is -2.06. The summed E-state index contributed by atoms with van der Waals surface area (Å²) in [4.78, 5) is 4.15. The van der Waals surface area contributed by atoms with Gasteiger partial charge in [0, 0.05) is 18.9 Å². The van der Waals surface area contributed by atoms with Crippen molar-refractivity contribution in [1.29, 1.82) is 0 Å². The Morgan fingerprint density at radius 2 is 1.94 bits per heavy atom. The van der Waals surface area contributed by atoms with Gasteiger partial charge in [0.1, 0.15) is 0 Å². The molecule has 0 spiro atoms. The molecule has 2 rings (SSSR count). The van der Waals surface area contributed by atoms with E-state index in [0.717, 1.165) is 18.7 Å². The van der Waals surface area contributed by atoms with Crippen LogP contribution in [0.1, 0.15) is 11.1 Å². The van der Waals surface area contributed by atoms with Crippen molar-refractivity contribution >= 4 is 5.69 Å². The molecule has 0 saturated carbocycles. The molecular weight excluding hydrogens is 196 g/mol. The van der Waals surface area contributed by atoms with E-state index in [2.05, 4.69) is 47.6 Å². The predicted octanol–water partition coefficient (Wildman–Crippen LogP) is 3.04. The number of nitrogens with zero attached hydrogens (tertiary/aromatic N) is 1. The van der Waals surface area contributed by atoms with Gasteiger partial charge in [-0.25, -0.2) is 0 Å². The van der Waals surface area contributed by atoms with Crippen LogP contribution in [0.4, 0.5) is 5.69 Å². The van der Waals surface area contributed by atoms with Gasteiger partial charge in [0.2, 0.25) is 0 Å². The van der Waals surface area contributed by atoms with E-state index < -0.39 is 0 Å². The lowest BCUT2D eigenvalue weighted by Crippen LogP contribution is -2.05. The quantitative estimate of drug-likeness (QED) is 0.842. The highest BCUT2D eigenvalue weighted by Gasteiger charge is 1.94. The van der Waals surface area contributed by atoms with Gasteiger partial charge in [0.25, 0.3) is 0 Å². The standard InChI is InChI=1S/C14H16N2/c1-12-9-14(11-15-10-12)16-8-7-13-5-3-2-4-6-13/h2-6,9-11,16H,7-8H2,1H3. The summed E-state index contributed by atoms with van der Waals surface area (Å²) in [5, 5.41) is 3.37. The first kappa shape index (κ1) is 10.7. The highest BCUT2D eigenvalue weighted by molar-refractivity contribution is 5.42. The number of benzene rings is 1. The maximum atomic E-state index is 4.15. The van der Waals surface area contributed by atoms with Crippen molar-refractivity contribution in [3.05, 3.63) is 59.9 Å². The monoisotopic (exact) mass is 212 g/mol. The third-order valence-corrected chi connectivity index (χ3v) is 2.46. The van der Waals surface area contributed by atoms with E-state index in [1.165, 1.54) is 11.1 Å². The van der Waals surface area contributed by atoms with Gasteiger partial charge >= 0.3 is 0 Å². The Bertz CT molecular complexity index is 437. The lowest BCUT2D eigenvalue weighted by atomic mass is 10.1. The van der Waals surface area contributed by atoms with Crippen LogP contribution in [0.15, 0.2) is 48.8 Å². The van der Waals surface area contributed by atoms with Crippen molar-refractivity contribution in [2.45, 2.75) is 13.3 Å². The van der Waals surface area contributed by atoms with Crippen molar-refractivity contribution in [3.63, 3.8) is 0 Å². The Kier molecular flexibility index (Phi) is 3.54. The van der Waals surface area contributed by atoms with E-state index in [-0.39, 0.29) is 0 Å². The number of aromatic nitrogens is 1. The van der Waals surface area contributed by atoms with E-state index in [9.17, 15) is 0 Å². The first-order valence-corrected chi connectivity index (χ1v) is 5.54. The average molecular weight is 212 g/mol. The fourth-order valence-electron chi connectivity index (χ4n) is 1.65. The summed E-state index contributed by atoms with van der Waals surface area (Å²) in [5.41, 5.74) is 3.64. The largest absolute Gasteiger partial charge is 0.383 e. The molecule has 0 aliphatic rings. The highest BCUT2D eigenvalue weighted by atomic mass is 14.9. The molecule has 2 aromatic rings. The SMILES string of the molecule is Cc1cncc(NCCc2ccccc2)c1. The van der Waals surface area contributed by atoms with Crippen LogP contribution in [0.25, 0.3) is 0 Å². The summed E-state index contributed by atoms with van der Waals surface area (Å²) < 4.78 is 0. The molecule has 0 saturated heterocycles. The van der Waals surface area contributed by atoms with Gasteiger partial charge in [-0.2, -0.15) is 0 Å². The van der Waals surface area contributed by atoms with E-state index >= 15 is 0 Å². The number of hydrogen-bond acceptors (Lipinski definition) is 2. The molecule has 82 valence electrons. The Morgan fingerprint density at radius 1 is 1.12 bits per heavy atom. The molecule has 0 atom stereocenters. The summed E-state index contributed by atoms with van der Waals surface area (Å²) in [6.45, 7) is 2.99. The van der Waals surface area contributed by atoms with Gasteiger partial charge in [-0.15, -0.1) is 0 Å². The summed E-state index contributed by atoms with van der Waals surface area (Å²) in [6, 6.07) is 12.6. The highest BCUT2D eigenvalue weighted by Crippen LogP contribution is 2.07. The van der Waals surface area contributed by atoms with Crippen molar-refractivity contribution < 1.29 is 0 Å². The van der Waals surface area contributed by atoms with Gasteiger partial charge in [-0.3, -0.25) is 4.98 Å². The van der Waals surface area contributed by atoms with Crippen LogP contribution in [0.2, 0.25) is 0 Å². The molecule has 0 bridgehead atoms. The fourth-order valence-corrected chi connectivity index (χ4v) is 1.65.